The number of ketones is 1. The second kappa shape index (κ2) is 7.14. The van der Waals surface area contributed by atoms with E-state index in [2.05, 4.69) is 5.32 Å². The molecule has 1 aromatic heterocycles. The molecule has 1 amide bonds. The molecule has 0 aliphatic carbocycles. The van der Waals surface area contributed by atoms with Gasteiger partial charge < -0.3 is 5.32 Å². The number of carbonyl (C=O) groups excluding carboxylic acids is 2. The van der Waals surface area contributed by atoms with E-state index in [1.54, 1.807) is 41.2 Å². The minimum absolute atomic E-state index is 0.00786. The zero-order chi connectivity index (χ0) is 17.9. The summed E-state index contributed by atoms with van der Waals surface area (Å²) in [6.45, 7) is 0.0797. The molecule has 0 radical (unpaired) electrons. The first-order valence-corrected chi connectivity index (χ1v) is 9.84. The number of hydrogen-bond acceptors (Lipinski definition) is 4. The lowest BCUT2D eigenvalue weighted by Crippen LogP contribution is -2.46. The van der Waals surface area contributed by atoms with E-state index in [4.69, 9.17) is 0 Å². The molecular formula is C18H19N2O4S+. The van der Waals surface area contributed by atoms with Crippen molar-refractivity contribution in [2.45, 2.75) is 19.0 Å². The Labute approximate surface area is 146 Å². The fraction of sp³-hybridized carbons (Fsp3) is 0.278. The van der Waals surface area contributed by atoms with Crippen LogP contribution in [-0.2, 0) is 21.2 Å². The van der Waals surface area contributed by atoms with E-state index in [1.807, 2.05) is 18.2 Å². The van der Waals surface area contributed by atoms with Crippen molar-refractivity contribution in [3.63, 3.8) is 0 Å². The Morgan fingerprint density at radius 3 is 2.28 bits per heavy atom. The van der Waals surface area contributed by atoms with Gasteiger partial charge >= 0.3 is 0 Å². The Morgan fingerprint density at radius 2 is 1.68 bits per heavy atom. The Bertz CT molecular complexity index is 877. The van der Waals surface area contributed by atoms with E-state index < -0.39 is 9.84 Å². The highest BCUT2D eigenvalue weighted by atomic mass is 32.2. The molecule has 0 saturated carbocycles. The number of rotatable bonds is 5. The van der Waals surface area contributed by atoms with Crippen molar-refractivity contribution >= 4 is 21.5 Å². The first-order chi connectivity index (χ1) is 11.9. The van der Waals surface area contributed by atoms with E-state index in [0.29, 0.717) is 17.5 Å². The summed E-state index contributed by atoms with van der Waals surface area (Å²) < 4.78 is 24.5. The summed E-state index contributed by atoms with van der Waals surface area (Å²) in [4.78, 5) is 24.4. The lowest BCUT2D eigenvalue weighted by molar-refractivity contribution is -0.684. The van der Waals surface area contributed by atoms with Crippen LogP contribution in [0.5, 0.6) is 0 Å². The third-order valence-corrected chi connectivity index (χ3v) is 5.88. The lowest BCUT2D eigenvalue weighted by Gasteiger charge is -2.08. The minimum Gasteiger partial charge on any atom is -0.347 e. The molecule has 1 N–H and O–H groups in total. The van der Waals surface area contributed by atoms with Gasteiger partial charge in [0.1, 0.15) is 0 Å². The fourth-order valence-electron chi connectivity index (χ4n) is 2.82. The molecule has 0 bridgehead atoms. The number of nitrogens with one attached hydrogen (secondary N) is 1. The van der Waals surface area contributed by atoms with Gasteiger partial charge in [0, 0.05) is 29.3 Å². The van der Waals surface area contributed by atoms with Crippen molar-refractivity contribution in [2.24, 2.45) is 0 Å². The highest BCUT2D eigenvalue weighted by Crippen LogP contribution is 2.11. The number of aromatic nitrogens is 1. The second-order valence-corrected chi connectivity index (χ2v) is 8.35. The Hall–Kier alpha value is -2.54. The number of benzene rings is 1. The third kappa shape index (κ3) is 4.51. The van der Waals surface area contributed by atoms with Crippen LogP contribution in [0.4, 0.5) is 0 Å². The van der Waals surface area contributed by atoms with Crippen LogP contribution >= 0.6 is 0 Å². The molecule has 6 nitrogen and oxygen atoms in total. The molecular weight excluding hydrogens is 340 g/mol. The third-order valence-electron chi connectivity index (χ3n) is 4.11. The van der Waals surface area contributed by atoms with E-state index in [-0.39, 0.29) is 35.8 Å². The van der Waals surface area contributed by atoms with Crippen molar-refractivity contribution in [3.8, 4) is 0 Å². The molecule has 1 aliphatic heterocycles. The van der Waals surface area contributed by atoms with E-state index >= 15 is 0 Å². The first kappa shape index (κ1) is 17.3. The molecule has 7 heteroatoms. The number of hydrogen-bond donors (Lipinski definition) is 1. The van der Waals surface area contributed by atoms with E-state index in [0.717, 1.165) is 0 Å². The Balaban J connectivity index is 1.59. The van der Waals surface area contributed by atoms with Crippen LogP contribution in [0.25, 0.3) is 0 Å². The zero-order valence-corrected chi connectivity index (χ0v) is 14.4. The van der Waals surface area contributed by atoms with Crippen LogP contribution in [0.15, 0.2) is 54.9 Å². The Kier molecular flexibility index (Phi) is 4.94. The van der Waals surface area contributed by atoms with Crippen molar-refractivity contribution in [1.82, 2.24) is 5.32 Å². The second-order valence-electron chi connectivity index (χ2n) is 6.12. The quantitative estimate of drug-likeness (QED) is 0.623. The number of nitrogens with zero attached hydrogens (tertiary/aromatic N) is 1. The van der Waals surface area contributed by atoms with Gasteiger partial charge in [-0.3, -0.25) is 9.59 Å². The maximum atomic E-state index is 12.3. The first-order valence-electron chi connectivity index (χ1n) is 8.01. The van der Waals surface area contributed by atoms with E-state index in [9.17, 15) is 18.0 Å². The molecule has 0 unspecified atom stereocenters. The van der Waals surface area contributed by atoms with Gasteiger partial charge in [-0.25, -0.2) is 8.42 Å². The van der Waals surface area contributed by atoms with Crippen LogP contribution in [0, 0.1) is 0 Å². The SMILES string of the molecule is O=C(C[n+]1ccc(C(=O)c2ccccc2)cc1)N[C@H]1CCS(=O)(=O)C1. The number of pyridine rings is 1. The molecule has 0 spiro atoms. The van der Waals surface area contributed by atoms with Gasteiger partial charge in [-0.15, -0.1) is 0 Å². The van der Waals surface area contributed by atoms with Gasteiger partial charge in [-0.2, -0.15) is 4.57 Å². The zero-order valence-electron chi connectivity index (χ0n) is 13.6. The molecule has 1 saturated heterocycles. The van der Waals surface area contributed by atoms with Crippen molar-refractivity contribution in [2.75, 3.05) is 11.5 Å². The largest absolute Gasteiger partial charge is 0.347 e. The molecule has 3 rings (SSSR count). The molecule has 2 heterocycles. The average molecular weight is 359 g/mol. The molecule has 1 atom stereocenters. The summed E-state index contributed by atoms with van der Waals surface area (Å²) in [5, 5.41) is 2.74. The van der Waals surface area contributed by atoms with Gasteiger partial charge in [0.25, 0.3) is 5.91 Å². The van der Waals surface area contributed by atoms with Gasteiger partial charge in [0.2, 0.25) is 6.54 Å². The summed E-state index contributed by atoms with van der Waals surface area (Å²) in [5.41, 5.74) is 1.16. The molecule has 1 aliphatic rings. The monoisotopic (exact) mass is 359 g/mol. The number of sulfone groups is 1. The van der Waals surface area contributed by atoms with Crippen LogP contribution in [-0.4, -0.2) is 37.7 Å². The molecule has 2 aromatic rings. The van der Waals surface area contributed by atoms with Crippen LogP contribution in [0.1, 0.15) is 22.3 Å². The van der Waals surface area contributed by atoms with Crippen LogP contribution in [0.2, 0.25) is 0 Å². The standard InChI is InChI=1S/C18H18N2O4S/c21-17(19-16-8-11-25(23,24)13-16)12-20-9-6-15(7-10-20)18(22)14-4-2-1-3-5-14/h1-7,9-10,16H,8,11-13H2/p+1/t16-/m0/s1. The molecule has 1 aromatic carbocycles. The topological polar surface area (TPSA) is 84.2 Å². The average Bonchev–Trinajstić information content (AvgIpc) is 2.94. The van der Waals surface area contributed by atoms with Gasteiger partial charge in [0.15, 0.2) is 28.0 Å². The highest BCUT2D eigenvalue weighted by Gasteiger charge is 2.29. The van der Waals surface area contributed by atoms with Gasteiger partial charge in [-0.1, -0.05) is 30.3 Å². The highest BCUT2D eigenvalue weighted by molar-refractivity contribution is 7.91. The Morgan fingerprint density at radius 1 is 1.04 bits per heavy atom. The lowest BCUT2D eigenvalue weighted by atomic mass is 10.0. The number of amides is 1. The summed E-state index contributed by atoms with van der Waals surface area (Å²) in [7, 11) is -3.01. The maximum absolute atomic E-state index is 12.3. The molecule has 1 fully saturated rings. The van der Waals surface area contributed by atoms with Crippen LogP contribution in [0.3, 0.4) is 0 Å². The summed E-state index contributed by atoms with van der Waals surface area (Å²) in [6, 6.07) is 12.0. The van der Waals surface area contributed by atoms with E-state index in [1.165, 1.54) is 0 Å². The summed E-state index contributed by atoms with van der Waals surface area (Å²) in [6.07, 6.45) is 3.80. The van der Waals surface area contributed by atoms with Crippen molar-refractivity contribution in [1.29, 1.82) is 0 Å². The summed E-state index contributed by atoms with van der Waals surface area (Å²) in [5.74, 6) is -0.183. The summed E-state index contributed by atoms with van der Waals surface area (Å²) >= 11 is 0. The van der Waals surface area contributed by atoms with Crippen LogP contribution < -0.4 is 9.88 Å². The minimum atomic E-state index is -3.01. The fourth-order valence-corrected chi connectivity index (χ4v) is 4.49. The predicted octanol–water partition coefficient (Wildman–Crippen LogP) is 0.508. The normalized spacial score (nSPS) is 18.6. The number of carbonyl (C=O) groups is 2. The van der Waals surface area contributed by atoms with Crippen molar-refractivity contribution < 1.29 is 22.6 Å². The molecule has 130 valence electrons. The van der Waals surface area contributed by atoms with Gasteiger partial charge in [-0.05, 0) is 6.42 Å². The smallest absolute Gasteiger partial charge is 0.286 e. The molecule has 25 heavy (non-hydrogen) atoms. The predicted molar refractivity (Wildman–Crippen MR) is 91.7 cm³/mol. The van der Waals surface area contributed by atoms with Crippen molar-refractivity contribution in [3.05, 3.63) is 66.0 Å². The van der Waals surface area contributed by atoms with Gasteiger partial charge in [0.05, 0.1) is 11.5 Å². The maximum Gasteiger partial charge on any atom is 0.286 e.